The van der Waals surface area contributed by atoms with Gasteiger partial charge in [0.15, 0.2) is 0 Å². The number of carbonyl (C=O) groups is 1. The zero-order valence-electron chi connectivity index (χ0n) is 24.4. The molecule has 1 atom stereocenters. The number of hydrogen-bond donors (Lipinski definition) is 2. The van der Waals surface area contributed by atoms with Crippen LogP contribution in [0.25, 0.3) is 11.1 Å². The highest BCUT2D eigenvalue weighted by molar-refractivity contribution is 5.94. The van der Waals surface area contributed by atoms with Crippen molar-refractivity contribution in [3.63, 3.8) is 0 Å². The molecule has 3 N–H and O–H groups in total. The highest BCUT2D eigenvalue weighted by Crippen LogP contribution is 2.31. The molecule has 0 radical (unpaired) electrons. The number of hydrogen-bond acceptors (Lipinski definition) is 5. The minimum atomic E-state index is -0.462. The molecule has 0 saturated heterocycles. The Kier molecular flexibility index (Phi) is 9.86. The quantitative estimate of drug-likeness (QED) is 0.264. The van der Waals surface area contributed by atoms with Crippen molar-refractivity contribution in [1.29, 1.82) is 0 Å². The summed E-state index contributed by atoms with van der Waals surface area (Å²) >= 11 is 0. The SMILES string of the molecule is Cc1ccc(C(=O)N(CCCN)C(c2nc(C)c(-c3ccc(CO)cc3)c(=O)n2Cc2ccccc2)C(C)C)cc1. The summed E-state index contributed by atoms with van der Waals surface area (Å²) in [6, 6.07) is 24.2. The number of aliphatic hydroxyl groups excluding tert-OH is 1. The van der Waals surface area contributed by atoms with Crippen LogP contribution in [0.5, 0.6) is 0 Å². The Hall–Kier alpha value is -4.07. The van der Waals surface area contributed by atoms with E-state index in [1.165, 1.54) is 0 Å². The second kappa shape index (κ2) is 13.5. The van der Waals surface area contributed by atoms with Crippen LogP contribution < -0.4 is 11.3 Å². The molecule has 1 amide bonds. The van der Waals surface area contributed by atoms with E-state index in [1.54, 1.807) is 4.57 Å². The van der Waals surface area contributed by atoms with Crippen LogP contribution in [-0.2, 0) is 13.2 Å². The Morgan fingerprint density at radius 2 is 1.61 bits per heavy atom. The van der Waals surface area contributed by atoms with Crippen LogP contribution in [0.15, 0.2) is 83.7 Å². The third-order valence-corrected chi connectivity index (χ3v) is 7.38. The van der Waals surface area contributed by atoms with Crippen LogP contribution >= 0.6 is 0 Å². The molecule has 7 nitrogen and oxygen atoms in total. The Morgan fingerprint density at radius 1 is 0.951 bits per heavy atom. The van der Waals surface area contributed by atoms with Crippen LogP contribution in [0.3, 0.4) is 0 Å². The zero-order chi connectivity index (χ0) is 29.5. The lowest BCUT2D eigenvalue weighted by Crippen LogP contribution is -2.42. The third-order valence-electron chi connectivity index (χ3n) is 7.38. The normalized spacial score (nSPS) is 12.0. The number of aromatic nitrogens is 2. The molecule has 7 heteroatoms. The van der Waals surface area contributed by atoms with Gasteiger partial charge in [0, 0.05) is 12.1 Å². The molecule has 1 aromatic heterocycles. The van der Waals surface area contributed by atoms with E-state index in [-0.39, 0.29) is 24.0 Å². The minimum Gasteiger partial charge on any atom is -0.392 e. The molecule has 0 aliphatic rings. The van der Waals surface area contributed by atoms with Crippen molar-refractivity contribution in [1.82, 2.24) is 14.5 Å². The van der Waals surface area contributed by atoms with E-state index in [9.17, 15) is 14.7 Å². The lowest BCUT2D eigenvalue weighted by atomic mass is 9.97. The Bertz CT molecular complexity index is 1510. The first-order chi connectivity index (χ1) is 19.7. The number of nitrogens with zero attached hydrogens (tertiary/aromatic N) is 3. The van der Waals surface area contributed by atoms with Crippen molar-refractivity contribution in [2.75, 3.05) is 13.1 Å². The monoisotopic (exact) mass is 552 g/mol. The number of aryl methyl sites for hydroxylation is 2. The van der Waals surface area contributed by atoms with Gasteiger partial charge in [-0.25, -0.2) is 4.98 Å². The van der Waals surface area contributed by atoms with Gasteiger partial charge < -0.3 is 15.7 Å². The Balaban J connectivity index is 1.92. The lowest BCUT2D eigenvalue weighted by molar-refractivity contribution is 0.0602. The van der Waals surface area contributed by atoms with Crippen molar-refractivity contribution in [2.24, 2.45) is 11.7 Å². The molecular formula is C34H40N4O3. The van der Waals surface area contributed by atoms with Gasteiger partial charge in [-0.2, -0.15) is 0 Å². The summed E-state index contributed by atoms with van der Waals surface area (Å²) in [6.07, 6.45) is 0.623. The molecular weight excluding hydrogens is 512 g/mol. The van der Waals surface area contributed by atoms with Gasteiger partial charge in [-0.1, -0.05) is 86.1 Å². The summed E-state index contributed by atoms with van der Waals surface area (Å²) in [5, 5.41) is 9.50. The van der Waals surface area contributed by atoms with Gasteiger partial charge in [-0.05, 0) is 61.6 Å². The molecule has 0 aliphatic carbocycles. The maximum atomic E-state index is 14.4. The number of aliphatic hydroxyl groups is 1. The van der Waals surface area contributed by atoms with Gasteiger partial charge >= 0.3 is 0 Å². The summed E-state index contributed by atoms with van der Waals surface area (Å²) < 4.78 is 1.72. The zero-order valence-corrected chi connectivity index (χ0v) is 24.4. The molecule has 0 bridgehead atoms. The summed E-state index contributed by atoms with van der Waals surface area (Å²) in [7, 11) is 0. The van der Waals surface area contributed by atoms with Crippen molar-refractivity contribution >= 4 is 5.91 Å². The van der Waals surface area contributed by atoms with Crippen LogP contribution in [0.2, 0.25) is 0 Å². The van der Waals surface area contributed by atoms with E-state index < -0.39 is 6.04 Å². The van der Waals surface area contributed by atoms with E-state index in [0.717, 1.165) is 22.3 Å². The Labute approximate surface area is 242 Å². The molecule has 3 aromatic carbocycles. The number of carbonyl (C=O) groups excluding carboxylic acids is 1. The van der Waals surface area contributed by atoms with E-state index in [1.807, 2.05) is 97.6 Å². The number of benzene rings is 3. The van der Waals surface area contributed by atoms with Gasteiger partial charge in [-0.15, -0.1) is 0 Å². The second-order valence-electron chi connectivity index (χ2n) is 10.9. The summed E-state index contributed by atoms with van der Waals surface area (Å²) in [5.74, 6) is 0.406. The van der Waals surface area contributed by atoms with E-state index in [2.05, 4.69) is 13.8 Å². The fourth-order valence-corrected chi connectivity index (χ4v) is 5.22. The fourth-order valence-electron chi connectivity index (χ4n) is 5.22. The number of rotatable bonds is 11. The summed E-state index contributed by atoms with van der Waals surface area (Å²) in [4.78, 5) is 35.3. The molecule has 4 rings (SSSR count). The number of nitrogens with two attached hydrogens (primary N) is 1. The van der Waals surface area contributed by atoms with Crippen molar-refractivity contribution in [2.45, 2.75) is 53.3 Å². The predicted octanol–water partition coefficient (Wildman–Crippen LogP) is 5.26. The topological polar surface area (TPSA) is 101 Å². The first kappa shape index (κ1) is 29.9. The molecule has 0 saturated carbocycles. The summed E-state index contributed by atoms with van der Waals surface area (Å²) in [5.41, 5.74) is 11.0. The smallest absolute Gasteiger partial charge is 0.262 e. The first-order valence-electron chi connectivity index (χ1n) is 14.2. The largest absolute Gasteiger partial charge is 0.392 e. The van der Waals surface area contributed by atoms with Crippen LogP contribution in [0.1, 0.15) is 64.9 Å². The fraction of sp³-hybridized carbons (Fsp3) is 0.324. The third kappa shape index (κ3) is 6.81. The molecule has 1 unspecified atom stereocenters. The van der Waals surface area contributed by atoms with Crippen molar-refractivity contribution < 1.29 is 9.90 Å². The maximum absolute atomic E-state index is 14.4. The average molecular weight is 553 g/mol. The predicted molar refractivity (Wildman–Crippen MR) is 164 cm³/mol. The Morgan fingerprint density at radius 3 is 2.20 bits per heavy atom. The van der Waals surface area contributed by atoms with Gasteiger partial charge in [0.1, 0.15) is 5.82 Å². The second-order valence-corrected chi connectivity index (χ2v) is 10.9. The molecule has 0 spiro atoms. The van der Waals surface area contributed by atoms with Crippen molar-refractivity contribution in [3.05, 3.63) is 123 Å². The molecule has 214 valence electrons. The van der Waals surface area contributed by atoms with Gasteiger partial charge in [0.25, 0.3) is 11.5 Å². The molecule has 41 heavy (non-hydrogen) atoms. The average Bonchev–Trinajstić information content (AvgIpc) is 2.97. The van der Waals surface area contributed by atoms with E-state index >= 15 is 0 Å². The lowest BCUT2D eigenvalue weighted by Gasteiger charge is -2.36. The molecule has 0 aliphatic heterocycles. The maximum Gasteiger partial charge on any atom is 0.262 e. The van der Waals surface area contributed by atoms with E-state index in [4.69, 9.17) is 10.7 Å². The number of amides is 1. The first-order valence-corrected chi connectivity index (χ1v) is 14.2. The highest BCUT2D eigenvalue weighted by atomic mass is 16.3. The molecule has 0 fully saturated rings. The highest BCUT2D eigenvalue weighted by Gasteiger charge is 2.33. The van der Waals surface area contributed by atoms with E-state index in [0.29, 0.717) is 48.7 Å². The minimum absolute atomic E-state index is 0.0369. The van der Waals surface area contributed by atoms with Crippen molar-refractivity contribution in [3.8, 4) is 11.1 Å². The van der Waals surface area contributed by atoms with Gasteiger partial charge in [0.05, 0.1) is 30.5 Å². The van der Waals surface area contributed by atoms with Crippen LogP contribution in [-0.4, -0.2) is 38.6 Å². The van der Waals surface area contributed by atoms with Gasteiger partial charge in [0.2, 0.25) is 0 Å². The standard InChI is InChI=1S/C34H40N4O3/c1-23(2)31(37(20-8-19-35)33(40)29-15-11-24(3)12-16-29)32-36-25(4)30(28-17-13-27(22-39)14-18-28)34(41)38(32)21-26-9-6-5-7-10-26/h5-7,9-18,23,31,39H,8,19-22,35H2,1-4H3. The summed E-state index contributed by atoms with van der Waals surface area (Å²) in [6.45, 7) is 9.07. The van der Waals surface area contributed by atoms with Crippen LogP contribution in [0, 0.1) is 19.8 Å². The molecule has 1 heterocycles. The van der Waals surface area contributed by atoms with Crippen LogP contribution in [0.4, 0.5) is 0 Å². The molecule has 4 aromatic rings. The van der Waals surface area contributed by atoms with Gasteiger partial charge in [-0.3, -0.25) is 14.2 Å².